The van der Waals surface area contributed by atoms with Gasteiger partial charge in [-0.3, -0.25) is 0 Å². The number of hydrogen-bond acceptors (Lipinski definition) is 7. The Morgan fingerprint density at radius 1 is 0.366 bits per heavy atom. The summed E-state index contributed by atoms with van der Waals surface area (Å²) in [5, 5.41) is 48.4. The second-order valence-electron chi connectivity index (χ2n) is 8.17. The molecule has 0 unspecified atom stereocenters. The van der Waals surface area contributed by atoms with Gasteiger partial charge in [0.15, 0.2) is 0 Å². The molecular formula is C32H78O7Ti2. The van der Waals surface area contributed by atoms with E-state index in [9.17, 15) is 0 Å². The van der Waals surface area contributed by atoms with Crippen LogP contribution in [0.25, 0.3) is 0 Å². The molecule has 0 bridgehead atoms. The number of aliphatic hydroxyl groups excluding tert-OH is 6. The molecule has 256 valence electrons. The summed E-state index contributed by atoms with van der Waals surface area (Å²) < 4.78 is 8.25. The topological polar surface area (TPSA) is 138 Å². The molecule has 0 aromatic rings. The van der Waals surface area contributed by atoms with Gasteiger partial charge in [0.25, 0.3) is 0 Å². The normalized spacial score (nSPS) is 7.76. The number of rotatable bonds is 14. The smallest absolute Gasteiger partial charge is 0 e. The van der Waals surface area contributed by atoms with Crippen LogP contribution in [0.5, 0.6) is 0 Å². The summed E-state index contributed by atoms with van der Waals surface area (Å²) >= 11 is 0.750. The van der Waals surface area contributed by atoms with E-state index in [0.717, 1.165) is 110 Å². The Bertz CT molecular complexity index is 180. The van der Waals surface area contributed by atoms with E-state index in [1.165, 1.54) is 12.8 Å². The van der Waals surface area contributed by atoms with E-state index in [0.29, 0.717) is 39.6 Å². The van der Waals surface area contributed by atoms with Gasteiger partial charge < -0.3 is 44.5 Å². The summed E-state index contributed by atoms with van der Waals surface area (Å²) in [6.07, 6.45) is 16.8. The molecule has 0 radical (unpaired) electrons. The van der Waals surface area contributed by atoms with E-state index in [4.69, 9.17) is 34.0 Å². The van der Waals surface area contributed by atoms with Gasteiger partial charge in [-0.25, -0.2) is 0 Å². The number of hydrogen-bond donors (Lipinski definition) is 6. The number of aliphatic hydroxyl groups is 6. The molecule has 0 rings (SSSR count). The van der Waals surface area contributed by atoms with Crippen molar-refractivity contribution in [1.82, 2.24) is 0 Å². The summed E-state index contributed by atoms with van der Waals surface area (Å²) in [5.74, 6) is 0. The van der Waals surface area contributed by atoms with E-state index in [1.807, 2.05) is 0 Å². The van der Waals surface area contributed by atoms with Crippen molar-refractivity contribution < 1.29 is 76.1 Å². The Morgan fingerprint density at radius 3 is 0.463 bits per heavy atom. The minimum atomic E-state index is 0. The van der Waals surface area contributed by atoms with Gasteiger partial charge in [-0.15, -0.1) is 0 Å². The summed E-state index contributed by atoms with van der Waals surface area (Å²) in [6.45, 7) is 25.8. The van der Waals surface area contributed by atoms with Gasteiger partial charge in [0, 0.05) is 61.4 Å². The fourth-order valence-electron chi connectivity index (χ4n) is 0.949. The fraction of sp³-hybridized carbons (Fsp3) is 0.938. The molecule has 0 aromatic heterocycles. The van der Waals surface area contributed by atoms with Crippen LogP contribution in [-0.4, -0.2) is 70.3 Å². The van der Waals surface area contributed by atoms with E-state index >= 15 is 0 Å². The molecule has 0 atom stereocenters. The number of unbranched alkanes of at least 4 members (excludes halogenated alkanes) is 8. The molecule has 0 aliphatic rings. The molecule has 0 aliphatic heterocycles. The van der Waals surface area contributed by atoms with Crippen molar-refractivity contribution in [3.8, 4) is 0 Å². The van der Waals surface area contributed by atoms with Gasteiger partial charge in [-0.2, -0.15) is 12.8 Å². The van der Waals surface area contributed by atoms with E-state index < -0.39 is 0 Å². The van der Waals surface area contributed by atoms with Crippen LogP contribution in [0.3, 0.4) is 0 Å². The van der Waals surface area contributed by atoms with Crippen LogP contribution in [0.15, 0.2) is 0 Å². The zero-order valence-corrected chi connectivity index (χ0v) is 32.2. The zero-order valence-electron chi connectivity index (χ0n) is 29.1. The molecule has 0 saturated carbocycles. The first-order valence-electron chi connectivity index (χ1n) is 15.8. The molecule has 0 aliphatic carbocycles. The summed E-state index contributed by atoms with van der Waals surface area (Å²) in [6, 6.07) is 0. The molecule has 6 N–H and O–H groups in total. The van der Waals surface area contributed by atoms with Crippen LogP contribution in [0.2, 0.25) is 0 Å². The second kappa shape index (κ2) is 124. The molecular weight excluding hydrogens is 592 g/mol. The monoisotopic (exact) mass is 670 g/mol. The van der Waals surface area contributed by atoms with Gasteiger partial charge in [-0.05, 0) is 38.5 Å². The van der Waals surface area contributed by atoms with Crippen LogP contribution in [0.1, 0.15) is 158 Å². The van der Waals surface area contributed by atoms with Gasteiger partial charge in [-0.1, -0.05) is 107 Å². The standard InChI is InChI=1S/6C4H10O.2C4H9.O.2Ti/c6*1-2-3-4-5;2*1-3-4-2;;;/h6*5H,2-4H2,1H3;2*1,3-4H2,2H3;;;/q;;;;;;2*-1;;;+2. The van der Waals surface area contributed by atoms with E-state index in [1.54, 1.807) is 0 Å². The largest absolute Gasteiger partial charge is 0 e. The Labute approximate surface area is 286 Å². The first kappa shape index (κ1) is 68.9. The Morgan fingerprint density at radius 2 is 0.463 bits per heavy atom. The van der Waals surface area contributed by atoms with E-state index in [-0.39, 0.29) is 21.7 Å². The van der Waals surface area contributed by atoms with Gasteiger partial charge >= 0.3 is 23.7 Å². The van der Waals surface area contributed by atoms with Crippen molar-refractivity contribution >= 4 is 0 Å². The van der Waals surface area contributed by atoms with Gasteiger partial charge in [0.2, 0.25) is 0 Å². The van der Waals surface area contributed by atoms with Crippen LogP contribution in [0.4, 0.5) is 0 Å². The Kier molecular flexibility index (Phi) is 209. The Hall–Kier alpha value is 0.989. The van der Waals surface area contributed by atoms with Gasteiger partial charge in [0.05, 0.1) is 0 Å². The first-order valence-corrected chi connectivity index (χ1v) is 16.4. The molecule has 0 heterocycles. The predicted molar refractivity (Wildman–Crippen MR) is 173 cm³/mol. The quantitative estimate of drug-likeness (QED) is 0.0820. The van der Waals surface area contributed by atoms with Crippen molar-refractivity contribution in [2.75, 3.05) is 39.6 Å². The van der Waals surface area contributed by atoms with Crippen molar-refractivity contribution in [3.63, 3.8) is 0 Å². The van der Waals surface area contributed by atoms with Gasteiger partial charge in [0.1, 0.15) is 0 Å². The molecule has 0 saturated heterocycles. The molecule has 0 spiro atoms. The maximum Gasteiger partial charge on any atom is 0 e. The average molecular weight is 671 g/mol. The van der Waals surface area contributed by atoms with Crippen molar-refractivity contribution in [3.05, 3.63) is 13.8 Å². The SMILES string of the molecule is CCCCO.CCCCO.CCCCO.CCCCO.CCCCO.CCCCO.[CH2-]CCC.[CH2-]CCC.[O]=[Ti+2].[Ti]. The van der Waals surface area contributed by atoms with Crippen molar-refractivity contribution in [1.29, 1.82) is 0 Å². The third-order valence-corrected chi connectivity index (χ3v) is 3.78. The van der Waals surface area contributed by atoms with Crippen LogP contribution in [0, 0.1) is 13.8 Å². The van der Waals surface area contributed by atoms with Crippen LogP contribution < -0.4 is 0 Å². The summed E-state index contributed by atoms with van der Waals surface area (Å²) in [4.78, 5) is 0. The van der Waals surface area contributed by atoms with Crippen molar-refractivity contribution in [2.45, 2.75) is 158 Å². The minimum Gasteiger partial charge on any atom is 0 e. The average Bonchev–Trinajstić information content (AvgIpc) is 2.98. The second-order valence-corrected chi connectivity index (χ2v) is 8.17. The molecule has 41 heavy (non-hydrogen) atoms. The van der Waals surface area contributed by atoms with E-state index in [2.05, 4.69) is 69.2 Å². The maximum atomic E-state index is 8.25. The zero-order chi connectivity index (χ0) is 33.6. The molecule has 9 heteroatoms. The molecule has 0 amide bonds. The predicted octanol–water partition coefficient (Wildman–Crippen LogP) is 7.79. The third-order valence-electron chi connectivity index (χ3n) is 3.78. The molecule has 7 nitrogen and oxygen atoms in total. The van der Waals surface area contributed by atoms with Crippen LogP contribution in [-0.2, 0) is 45.4 Å². The first-order chi connectivity index (χ1) is 19.3. The maximum absolute atomic E-state index is 8.25. The minimum absolute atomic E-state index is 0. The Balaban J connectivity index is -0.0000000331. The van der Waals surface area contributed by atoms with Crippen molar-refractivity contribution in [2.24, 2.45) is 0 Å². The molecule has 0 fully saturated rings. The van der Waals surface area contributed by atoms with Crippen LogP contribution >= 0.6 is 0 Å². The summed E-state index contributed by atoms with van der Waals surface area (Å²) in [7, 11) is 0. The third kappa shape index (κ3) is 277. The summed E-state index contributed by atoms with van der Waals surface area (Å²) in [5.41, 5.74) is 0. The molecule has 0 aromatic carbocycles. The fourth-order valence-corrected chi connectivity index (χ4v) is 0.949.